The second-order valence-corrected chi connectivity index (χ2v) is 4.24. The third-order valence-corrected chi connectivity index (χ3v) is 2.76. The Hall–Kier alpha value is -3.06. The van der Waals surface area contributed by atoms with E-state index in [1.807, 2.05) is 6.07 Å². The van der Waals surface area contributed by atoms with Crippen LogP contribution in [0.15, 0.2) is 61.2 Å². The molecule has 0 aliphatic carbocycles. The Morgan fingerprint density at radius 2 is 1.95 bits per heavy atom. The summed E-state index contributed by atoms with van der Waals surface area (Å²) in [6.45, 7) is 3.92. The van der Waals surface area contributed by atoms with E-state index in [9.17, 15) is 4.79 Å². The molecule has 0 saturated heterocycles. The lowest BCUT2D eigenvalue weighted by molar-refractivity contribution is 0.102. The van der Waals surface area contributed by atoms with E-state index in [1.54, 1.807) is 54.6 Å². The molecule has 0 aromatic heterocycles. The van der Waals surface area contributed by atoms with Gasteiger partial charge in [0.1, 0.15) is 12.4 Å². The molecule has 4 nitrogen and oxygen atoms in total. The Morgan fingerprint density at radius 3 is 2.62 bits per heavy atom. The SMILES string of the molecule is C=CCOc1ccccc1C(=O)Nc1ccc(C#N)cc1. The lowest BCUT2D eigenvalue weighted by Gasteiger charge is -2.10. The van der Waals surface area contributed by atoms with E-state index in [2.05, 4.69) is 11.9 Å². The average molecular weight is 278 g/mol. The molecule has 4 heteroatoms. The Kier molecular flexibility index (Phi) is 4.73. The van der Waals surface area contributed by atoms with Crippen LogP contribution in [-0.2, 0) is 0 Å². The van der Waals surface area contributed by atoms with Gasteiger partial charge in [-0.3, -0.25) is 4.79 Å². The van der Waals surface area contributed by atoms with E-state index in [0.29, 0.717) is 29.2 Å². The van der Waals surface area contributed by atoms with Gasteiger partial charge in [0.25, 0.3) is 5.91 Å². The van der Waals surface area contributed by atoms with Gasteiger partial charge in [0.05, 0.1) is 17.2 Å². The number of benzene rings is 2. The number of nitriles is 1. The Balaban J connectivity index is 2.16. The molecule has 104 valence electrons. The molecule has 0 atom stereocenters. The zero-order chi connectivity index (χ0) is 15.1. The number of amides is 1. The molecule has 2 rings (SSSR count). The highest BCUT2D eigenvalue weighted by Crippen LogP contribution is 2.20. The van der Waals surface area contributed by atoms with Crippen molar-refractivity contribution in [3.05, 3.63) is 72.3 Å². The van der Waals surface area contributed by atoms with Crippen LogP contribution in [0, 0.1) is 11.3 Å². The first-order valence-electron chi connectivity index (χ1n) is 6.39. The molecule has 0 bridgehead atoms. The van der Waals surface area contributed by atoms with Crippen molar-refractivity contribution in [1.29, 1.82) is 5.26 Å². The van der Waals surface area contributed by atoms with Gasteiger partial charge >= 0.3 is 0 Å². The molecular formula is C17H14N2O2. The van der Waals surface area contributed by atoms with E-state index in [-0.39, 0.29) is 5.91 Å². The number of para-hydroxylation sites is 1. The highest BCUT2D eigenvalue weighted by molar-refractivity contribution is 6.06. The first-order chi connectivity index (χ1) is 10.2. The number of ether oxygens (including phenoxy) is 1. The third-order valence-electron chi connectivity index (χ3n) is 2.76. The summed E-state index contributed by atoms with van der Waals surface area (Å²) in [5.41, 5.74) is 1.61. The van der Waals surface area contributed by atoms with E-state index in [1.165, 1.54) is 0 Å². The second kappa shape index (κ2) is 6.92. The van der Waals surface area contributed by atoms with Crippen molar-refractivity contribution in [2.75, 3.05) is 11.9 Å². The van der Waals surface area contributed by atoms with Gasteiger partial charge < -0.3 is 10.1 Å². The number of rotatable bonds is 5. The Labute approximate surface area is 123 Å². The van der Waals surface area contributed by atoms with Crippen LogP contribution in [-0.4, -0.2) is 12.5 Å². The highest BCUT2D eigenvalue weighted by atomic mass is 16.5. The van der Waals surface area contributed by atoms with E-state index < -0.39 is 0 Å². The molecule has 0 spiro atoms. The molecule has 0 aliphatic heterocycles. The molecule has 0 radical (unpaired) electrons. The molecule has 2 aromatic carbocycles. The minimum Gasteiger partial charge on any atom is -0.489 e. The fourth-order valence-electron chi connectivity index (χ4n) is 1.76. The predicted octanol–water partition coefficient (Wildman–Crippen LogP) is 3.38. The summed E-state index contributed by atoms with van der Waals surface area (Å²) in [6.07, 6.45) is 1.62. The molecule has 21 heavy (non-hydrogen) atoms. The predicted molar refractivity (Wildman–Crippen MR) is 81.2 cm³/mol. The van der Waals surface area contributed by atoms with Crippen LogP contribution in [0.5, 0.6) is 5.75 Å². The summed E-state index contributed by atoms with van der Waals surface area (Å²) < 4.78 is 5.46. The molecule has 1 amide bonds. The zero-order valence-corrected chi connectivity index (χ0v) is 11.4. The first-order valence-corrected chi connectivity index (χ1v) is 6.39. The second-order valence-electron chi connectivity index (χ2n) is 4.24. The van der Waals surface area contributed by atoms with Crippen molar-refractivity contribution in [1.82, 2.24) is 0 Å². The van der Waals surface area contributed by atoms with Gasteiger partial charge in [0.2, 0.25) is 0 Å². The maximum Gasteiger partial charge on any atom is 0.259 e. The molecule has 0 unspecified atom stereocenters. The standard InChI is InChI=1S/C17H14N2O2/c1-2-11-21-16-6-4-3-5-15(16)17(20)19-14-9-7-13(12-18)8-10-14/h2-10H,1,11H2,(H,19,20). The number of carbonyl (C=O) groups excluding carboxylic acids is 1. The molecule has 1 N–H and O–H groups in total. The van der Waals surface area contributed by atoms with Gasteiger partial charge in [0, 0.05) is 5.69 Å². The summed E-state index contributed by atoms with van der Waals surface area (Å²) >= 11 is 0. The molecule has 0 heterocycles. The largest absolute Gasteiger partial charge is 0.489 e. The summed E-state index contributed by atoms with van der Waals surface area (Å²) in [4.78, 5) is 12.3. The summed E-state index contributed by atoms with van der Waals surface area (Å²) in [7, 11) is 0. The molecule has 0 saturated carbocycles. The number of hydrogen-bond acceptors (Lipinski definition) is 3. The Bertz CT molecular complexity index is 685. The van der Waals surface area contributed by atoms with Crippen LogP contribution in [0.25, 0.3) is 0 Å². The lowest BCUT2D eigenvalue weighted by atomic mass is 10.1. The van der Waals surface area contributed by atoms with Crippen LogP contribution < -0.4 is 10.1 Å². The fraction of sp³-hybridized carbons (Fsp3) is 0.0588. The van der Waals surface area contributed by atoms with Crippen molar-refractivity contribution in [3.8, 4) is 11.8 Å². The van der Waals surface area contributed by atoms with Crippen LogP contribution >= 0.6 is 0 Å². The van der Waals surface area contributed by atoms with Crippen molar-refractivity contribution < 1.29 is 9.53 Å². The lowest BCUT2D eigenvalue weighted by Crippen LogP contribution is -2.13. The van der Waals surface area contributed by atoms with Gasteiger partial charge in [-0.05, 0) is 36.4 Å². The van der Waals surface area contributed by atoms with E-state index in [4.69, 9.17) is 10.00 Å². The zero-order valence-electron chi connectivity index (χ0n) is 11.4. The van der Waals surface area contributed by atoms with Gasteiger partial charge in [-0.2, -0.15) is 5.26 Å². The van der Waals surface area contributed by atoms with E-state index >= 15 is 0 Å². The minimum absolute atomic E-state index is 0.264. The van der Waals surface area contributed by atoms with Gasteiger partial charge in [-0.1, -0.05) is 24.8 Å². The molecule has 2 aromatic rings. The quantitative estimate of drug-likeness (QED) is 0.853. The topological polar surface area (TPSA) is 62.1 Å². The van der Waals surface area contributed by atoms with Gasteiger partial charge in [-0.15, -0.1) is 0 Å². The number of nitrogens with zero attached hydrogens (tertiary/aromatic N) is 1. The van der Waals surface area contributed by atoms with E-state index in [0.717, 1.165) is 0 Å². The fourth-order valence-corrected chi connectivity index (χ4v) is 1.76. The number of anilines is 1. The van der Waals surface area contributed by atoms with Crippen molar-refractivity contribution in [3.63, 3.8) is 0 Å². The summed E-state index contributed by atoms with van der Waals surface area (Å²) in [6, 6.07) is 15.7. The van der Waals surface area contributed by atoms with Crippen molar-refractivity contribution in [2.45, 2.75) is 0 Å². The normalized spacial score (nSPS) is 9.48. The molecule has 0 aliphatic rings. The highest BCUT2D eigenvalue weighted by Gasteiger charge is 2.12. The Morgan fingerprint density at radius 1 is 1.24 bits per heavy atom. The molecular weight excluding hydrogens is 264 g/mol. The number of carbonyl (C=O) groups is 1. The smallest absolute Gasteiger partial charge is 0.259 e. The monoisotopic (exact) mass is 278 g/mol. The van der Waals surface area contributed by atoms with Crippen molar-refractivity contribution in [2.24, 2.45) is 0 Å². The van der Waals surface area contributed by atoms with Crippen molar-refractivity contribution >= 4 is 11.6 Å². The molecule has 0 fully saturated rings. The number of hydrogen-bond donors (Lipinski definition) is 1. The van der Waals surface area contributed by atoms with Gasteiger partial charge in [0.15, 0.2) is 0 Å². The summed E-state index contributed by atoms with van der Waals surface area (Å²) in [5, 5.41) is 11.5. The first kappa shape index (κ1) is 14.4. The van der Waals surface area contributed by atoms with Crippen LogP contribution in [0.1, 0.15) is 15.9 Å². The average Bonchev–Trinajstić information content (AvgIpc) is 2.54. The van der Waals surface area contributed by atoms with Crippen LogP contribution in [0.4, 0.5) is 5.69 Å². The number of nitrogens with one attached hydrogen (secondary N) is 1. The maximum absolute atomic E-state index is 12.3. The minimum atomic E-state index is -0.264. The summed E-state index contributed by atoms with van der Waals surface area (Å²) in [5.74, 6) is 0.239. The third kappa shape index (κ3) is 3.71. The van der Waals surface area contributed by atoms with Crippen LogP contribution in [0.2, 0.25) is 0 Å². The maximum atomic E-state index is 12.3. The van der Waals surface area contributed by atoms with Crippen LogP contribution in [0.3, 0.4) is 0 Å². The van der Waals surface area contributed by atoms with Gasteiger partial charge in [-0.25, -0.2) is 0 Å².